The number of anilines is 1. The predicted molar refractivity (Wildman–Crippen MR) is 96.7 cm³/mol. The maximum absolute atomic E-state index is 6.30. The van der Waals surface area contributed by atoms with Crippen LogP contribution in [0, 0.1) is 6.92 Å². The van der Waals surface area contributed by atoms with Crippen LogP contribution in [0.5, 0.6) is 11.5 Å². The third kappa shape index (κ3) is 3.20. The van der Waals surface area contributed by atoms with Gasteiger partial charge in [0.05, 0.1) is 10.7 Å². The lowest BCUT2D eigenvalue weighted by Crippen LogP contribution is -2.17. The lowest BCUT2D eigenvalue weighted by atomic mass is 10.1. The Morgan fingerprint density at radius 3 is 2.74 bits per heavy atom. The topological polar surface area (TPSA) is 33.6 Å². The van der Waals surface area contributed by atoms with Gasteiger partial charge in [-0.05, 0) is 49.2 Å². The molecule has 0 fully saturated rings. The Labute approximate surface area is 141 Å². The summed E-state index contributed by atoms with van der Waals surface area (Å²) in [6, 6.07) is 7.92. The zero-order valence-electron chi connectivity index (χ0n) is 13.7. The highest BCUT2D eigenvalue weighted by Gasteiger charge is 2.15. The Morgan fingerprint density at radius 1 is 1.17 bits per heavy atom. The largest absolute Gasteiger partial charge is 0.453 e. The number of nitrogens with one attached hydrogen (secondary N) is 1. The number of ether oxygens (including phenoxy) is 1. The highest BCUT2D eigenvalue weighted by Crippen LogP contribution is 2.39. The van der Waals surface area contributed by atoms with Crippen molar-refractivity contribution in [3.05, 3.63) is 45.4 Å². The van der Waals surface area contributed by atoms with E-state index in [1.165, 1.54) is 10.8 Å². The number of nitrogens with zero attached hydrogens (tertiary/aromatic N) is 1. The zero-order chi connectivity index (χ0) is 16.4. The van der Waals surface area contributed by atoms with Crippen molar-refractivity contribution in [3.8, 4) is 11.5 Å². The van der Waals surface area contributed by atoms with Gasteiger partial charge in [0.25, 0.3) is 0 Å². The minimum Gasteiger partial charge on any atom is -0.453 e. The summed E-state index contributed by atoms with van der Waals surface area (Å²) in [6.07, 6.45) is 4.45. The molecule has 0 aromatic heterocycles. The molecule has 0 spiro atoms. The van der Waals surface area contributed by atoms with Crippen LogP contribution in [0.1, 0.15) is 32.3 Å². The first-order valence-corrected chi connectivity index (χ1v) is 8.45. The molecular formula is C19H21ClN2O. The maximum atomic E-state index is 6.30. The van der Waals surface area contributed by atoms with E-state index in [9.17, 15) is 0 Å². The third-order valence-corrected chi connectivity index (χ3v) is 4.19. The van der Waals surface area contributed by atoms with Crippen molar-refractivity contribution in [1.82, 2.24) is 0 Å². The van der Waals surface area contributed by atoms with Crippen molar-refractivity contribution in [2.24, 2.45) is 4.99 Å². The molecule has 0 saturated heterocycles. The van der Waals surface area contributed by atoms with E-state index in [1.807, 2.05) is 19.1 Å². The SMILES string of the molecule is CCC/C=c1/cc2c(cc1C)=Nc1cc(Cl)c(NCC)cc1O2. The molecule has 2 aromatic rings. The van der Waals surface area contributed by atoms with Gasteiger partial charge in [0.15, 0.2) is 11.5 Å². The normalized spacial score (nSPS) is 13.0. The third-order valence-electron chi connectivity index (χ3n) is 3.88. The number of hydrogen-bond donors (Lipinski definition) is 1. The molecule has 0 bridgehead atoms. The van der Waals surface area contributed by atoms with E-state index >= 15 is 0 Å². The lowest BCUT2D eigenvalue weighted by Gasteiger charge is -2.17. The van der Waals surface area contributed by atoms with Crippen LogP contribution in [0.2, 0.25) is 5.02 Å². The molecule has 2 aromatic carbocycles. The fourth-order valence-electron chi connectivity index (χ4n) is 2.66. The van der Waals surface area contributed by atoms with E-state index in [0.29, 0.717) is 5.02 Å². The van der Waals surface area contributed by atoms with Gasteiger partial charge in [-0.1, -0.05) is 31.0 Å². The Balaban J connectivity index is 2.11. The summed E-state index contributed by atoms with van der Waals surface area (Å²) in [5, 5.41) is 5.97. The van der Waals surface area contributed by atoms with Gasteiger partial charge in [0, 0.05) is 12.6 Å². The van der Waals surface area contributed by atoms with E-state index in [0.717, 1.165) is 47.6 Å². The molecule has 1 aliphatic rings. The summed E-state index contributed by atoms with van der Waals surface area (Å²) < 4.78 is 6.08. The fourth-order valence-corrected chi connectivity index (χ4v) is 2.89. The first-order chi connectivity index (χ1) is 11.1. The highest BCUT2D eigenvalue weighted by atomic mass is 35.5. The average Bonchev–Trinajstić information content (AvgIpc) is 2.52. The average molecular weight is 329 g/mol. The van der Waals surface area contributed by atoms with Gasteiger partial charge >= 0.3 is 0 Å². The van der Waals surface area contributed by atoms with Crippen LogP contribution >= 0.6 is 11.6 Å². The van der Waals surface area contributed by atoms with Crippen LogP contribution < -0.4 is 20.6 Å². The number of halogens is 1. The predicted octanol–water partition coefficient (Wildman–Crippen LogP) is 4.72. The first-order valence-electron chi connectivity index (χ1n) is 8.07. The molecule has 23 heavy (non-hydrogen) atoms. The number of hydrogen-bond acceptors (Lipinski definition) is 3. The molecule has 0 amide bonds. The Kier molecular flexibility index (Phi) is 4.58. The van der Waals surface area contributed by atoms with Gasteiger partial charge in [0.2, 0.25) is 0 Å². The van der Waals surface area contributed by atoms with Gasteiger partial charge in [-0.25, -0.2) is 4.99 Å². The molecule has 4 heteroatoms. The molecule has 0 radical (unpaired) electrons. The second kappa shape index (κ2) is 6.63. The van der Waals surface area contributed by atoms with Crippen molar-refractivity contribution >= 4 is 29.1 Å². The van der Waals surface area contributed by atoms with Gasteiger partial charge in [-0.15, -0.1) is 0 Å². The monoisotopic (exact) mass is 328 g/mol. The van der Waals surface area contributed by atoms with Crippen LogP contribution in [-0.4, -0.2) is 6.54 Å². The second-order valence-electron chi connectivity index (χ2n) is 5.71. The van der Waals surface area contributed by atoms with Crippen molar-refractivity contribution < 1.29 is 4.74 Å². The minimum absolute atomic E-state index is 0.658. The van der Waals surface area contributed by atoms with Crippen molar-refractivity contribution in [2.75, 3.05) is 11.9 Å². The summed E-state index contributed by atoms with van der Waals surface area (Å²) in [6.45, 7) is 7.13. The molecule has 1 N–H and O–H groups in total. The summed E-state index contributed by atoms with van der Waals surface area (Å²) in [5.74, 6) is 1.54. The van der Waals surface area contributed by atoms with Crippen LogP contribution in [-0.2, 0) is 0 Å². The van der Waals surface area contributed by atoms with Gasteiger partial charge < -0.3 is 10.1 Å². The van der Waals surface area contributed by atoms with E-state index in [1.54, 1.807) is 0 Å². The Hall–Kier alpha value is -2.00. The smallest absolute Gasteiger partial charge is 0.155 e. The van der Waals surface area contributed by atoms with Gasteiger partial charge in [-0.2, -0.15) is 0 Å². The highest BCUT2D eigenvalue weighted by molar-refractivity contribution is 6.33. The number of rotatable bonds is 4. The summed E-state index contributed by atoms with van der Waals surface area (Å²) in [5.41, 5.74) is 2.86. The van der Waals surface area contributed by atoms with Crippen LogP contribution in [0.15, 0.2) is 29.3 Å². The molecule has 3 rings (SSSR count). The second-order valence-corrected chi connectivity index (χ2v) is 6.12. The van der Waals surface area contributed by atoms with Crippen LogP contribution in [0.25, 0.3) is 6.08 Å². The van der Waals surface area contributed by atoms with Crippen molar-refractivity contribution in [3.63, 3.8) is 0 Å². The number of benzene rings is 2. The molecule has 1 heterocycles. The molecule has 3 nitrogen and oxygen atoms in total. The summed E-state index contributed by atoms with van der Waals surface area (Å²) >= 11 is 6.30. The fraction of sp³-hybridized carbons (Fsp3) is 0.316. The van der Waals surface area contributed by atoms with Crippen molar-refractivity contribution in [1.29, 1.82) is 0 Å². The molecule has 0 unspecified atom stereocenters. The van der Waals surface area contributed by atoms with E-state index < -0.39 is 0 Å². The lowest BCUT2D eigenvalue weighted by molar-refractivity contribution is 0.469. The summed E-state index contributed by atoms with van der Waals surface area (Å²) in [7, 11) is 0. The standard InChI is InChI=1S/C19H21ClN2O/c1-4-6-7-13-9-18-16(8-12(13)3)22-17-10-14(20)15(21-5-2)11-19(17)23-18/h7-11,21H,4-6H2,1-3H3/b13-7-. The minimum atomic E-state index is 0.658. The molecule has 0 atom stereocenters. The zero-order valence-corrected chi connectivity index (χ0v) is 14.5. The molecule has 0 aliphatic carbocycles. The van der Waals surface area contributed by atoms with E-state index in [4.69, 9.17) is 21.3 Å². The summed E-state index contributed by atoms with van der Waals surface area (Å²) in [4.78, 5) is 4.70. The molecule has 1 aliphatic heterocycles. The first kappa shape index (κ1) is 15.9. The Morgan fingerprint density at radius 2 is 2.00 bits per heavy atom. The van der Waals surface area contributed by atoms with Crippen LogP contribution in [0.3, 0.4) is 0 Å². The number of aryl methyl sites for hydroxylation is 1. The van der Waals surface area contributed by atoms with Crippen molar-refractivity contribution in [2.45, 2.75) is 33.6 Å². The number of unbranched alkanes of at least 4 members (excludes halogenated alkanes) is 1. The van der Waals surface area contributed by atoms with Gasteiger partial charge in [0.1, 0.15) is 11.0 Å². The molecule has 120 valence electrons. The molecule has 0 saturated carbocycles. The van der Waals surface area contributed by atoms with Crippen LogP contribution in [0.4, 0.5) is 11.4 Å². The van der Waals surface area contributed by atoms with E-state index in [2.05, 4.69) is 37.4 Å². The van der Waals surface area contributed by atoms with E-state index in [-0.39, 0.29) is 0 Å². The maximum Gasteiger partial charge on any atom is 0.155 e. The number of fused-ring (bicyclic) bond motifs is 2. The Bertz CT molecular complexity index is 859. The van der Waals surface area contributed by atoms with Gasteiger partial charge in [-0.3, -0.25) is 0 Å². The quantitative estimate of drug-likeness (QED) is 0.752. The molecular weight excluding hydrogens is 308 g/mol.